The van der Waals surface area contributed by atoms with Crippen LogP contribution in [0.15, 0.2) is 35.2 Å². The summed E-state index contributed by atoms with van der Waals surface area (Å²) in [5.41, 5.74) is 0.223. The van der Waals surface area contributed by atoms with Gasteiger partial charge in [-0.05, 0) is 18.2 Å². The van der Waals surface area contributed by atoms with Crippen LogP contribution in [0, 0.1) is 5.82 Å². The van der Waals surface area contributed by atoms with E-state index in [1.165, 1.54) is 24.3 Å². The number of carbonyl (C=O) groups excluding carboxylic acids is 1. The van der Waals surface area contributed by atoms with Gasteiger partial charge in [0.15, 0.2) is 5.78 Å². The van der Waals surface area contributed by atoms with Gasteiger partial charge in [-0.3, -0.25) is 9.00 Å². The molecule has 1 aromatic carbocycles. The second-order valence-electron chi connectivity index (χ2n) is 3.58. The average Bonchev–Trinajstić information content (AvgIpc) is 2.69. The van der Waals surface area contributed by atoms with Gasteiger partial charge in [0.2, 0.25) is 0 Å². The van der Waals surface area contributed by atoms with Crippen LogP contribution in [0.3, 0.4) is 0 Å². The van der Waals surface area contributed by atoms with Crippen LogP contribution in [0.5, 0.6) is 0 Å². The summed E-state index contributed by atoms with van der Waals surface area (Å²) in [6, 6.07) is 7.07. The fourth-order valence-electron chi connectivity index (χ4n) is 1.43. The summed E-state index contributed by atoms with van der Waals surface area (Å²) < 4.78 is 26.0. The van der Waals surface area contributed by atoms with E-state index in [0.717, 1.165) is 11.3 Å². The third kappa shape index (κ3) is 3.42. The first-order valence-corrected chi connectivity index (χ1v) is 7.99. The number of Topliss-reactive ketones (excluding diaryl/α,β-unsaturated/α-hetero) is 1. The minimum Gasteiger partial charge on any atom is -0.293 e. The van der Waals surface area contributed by atoms with Gasteiger partial charge in [0, 0.05) is 5.56 Å². The van der Waals surface area contributed by atoms with Crippen molar-refractivity contribution in [3.63, 3.8) is 0 Å². The third-order valence-corrected chi connectivity index (χ3v) is 5.13. The number of halogens is 3. The predicted octanol–water partition coefficient (Wildman–Crippen LogP) is 4.18. The van der Waals surface area contributed by atoms with Crippen LogP contribution in [0.2, 0.25) is 8.67 Å². The molecule has 0 fully saturated rings. The Morgan fingerprint density at radius 1 is 1.32 bits per heavy atom. The molecule has 0 radical (unpaired) electrons. The molecule has 0 aliphatic rings. The van der Waals surface area contributed by atoms with E-state index in [2.05, 4.69) is 0 Å². The van der Waals surface area contributed by atoms with E-state index in [1.54, 1.807) is 6.07 Å². The van der Waals surface area contributed by atoms with Gasteiger partial charge in [-0.15, -0.1) is 11.3 Å². The van der Waals surface area contributed by atoms with Gasteiger partial charge in [-0.1, -0.05) is 35.3 Å². The Morgan fingerprint density at radius 3 is 2.58 bits per heavy atom. The standard InChI is InChI=1S/C12H7Cl2FO2S2/c13-11-5-7(12(14)18-11)9(16)6-19(17)10-4-2-1-3-8(10)15/h1-5H,6H2. The lowest BCUT2D eigenvalue weighted by Gasteiger charge is -2.02. The van der Waals surface area contributed by atoms with E-state index >= 15 is 0 Å². The molecule has 0 saturated carbocycles. The van der Waals surface area contributed by atoms with Crippen LogP contribution in [-0.4, -0.2) is 15.7 Å². The Labute approximate surface area is 125 Å². The zero-order valence-electron chi connectivity index (χ0n) is 9.36. The Morgan fingerprint density at radius 2 is 2.00 bits per heavy atom. The Bertz CT molecular complexity index is 655. The fourth-order valence-corrected chi connectivity index (χ4v) is 4.00. The molecule has 0 bridgehead atoms. The number of hydrogen-bond acceptors (Lipinski definition) is 3. The number of rotatable bonds is 4. The zero-order valence-corrected chi connectivity index (χ0v) is 12.5. The highest BCUT2D eigenvalue weighted by Gasteiger charge is 2.19. The SMILES string of the molecule is O=C(CS(=O)c1ccccc1F)c1cc(Cl)sc1Cl. The van der Waals surface area contributed by atoms with Gasteiger partial charge in [0.25, 0.3) is 0 Å². The van der Waals surface area contributed by atoms with Crippen molar-refractivity contribution in [2.45, 2.75) is 4.90 Å². The minimum atomic E-state index is -1.75. The number of thiophene rings is 1. The second kappa shape index (κ2) is 6.13. The lowest BCUT2D eigenvalue weighted by molar-refractivity contribution is 0.102. The summed E-state index contributed by atoms with van der Waals surface area (Å²) in [6.07, 6.45) is 0. The van der Waals surface area contributed by atoms with Crippen LogP contribution < -0.4 is 0 Å². The molecular formula is C12H7Cl2FO2S2. The van der Waals surface area contributed by atoms with Crippen molar-refractivity contribution in [1.29, 1.82) is 0 Å². The van der Waals surface area contributed by atoms with Gasteiger partial charge in [0.05, 0.1) is 25.8 Å². The van der Waals surface area contributed by atoms with Crippen molar-refractivity contribution in [2.24, 2.45) is 0 Å². The molecule has 2 aromatic rings. The van der Waals surface area contributed by atoms with Crippen molar-refractivity contribution >= 4 is 51.1 Å². The molecule has 1 heterocycles. The molecule has 1 aromatic heterocycles. The first-order valence-electron chi connectivity index (χ1n) is 5.10. The van der Waals surface area contributed by atoms with Crippen LogP contribution in [0.1, 0.15) is 10.4 Å². The molecule has 0 N–H and O–H groups in total. The molecule has 19 heavy (non-hydrogen) atoms. The van der Waals surface area contributed by atoms with E-state index in [0.29, 0.717) is 4.34 Å². The molecule has 1 unspecified atom stereocenters. The molecule has 0 spiro atoms. The minimum absolute atomic E-state index is 0.00768. The summed E-state index contributed by atoms with van der Waals surface area (Å²) in [5, 5.41) is 0. The number of benzene rings is 1. The third-order valence-electron chi connectivity index (χ3n) is 2.30. The summed E-state index contributed by atoms with van der Waals surface area (Å²) in [7, 11) is -1.75. The van der Waals surface area contributed by atoms with Crippen molar-refractivity contribution in [3.05, 3.63) is 50.4 Å². The predicted molar refractivity (Wildman–Crippen MR) is 76.3 cm³/mol. The van der Waals surface area contributed by atoms with Crippen LogP contribution in [0.4, 0.5) is 4.39 Å². The summed E-state index contributed by atoms with van der Waals surface area (Å²) in [4.78, 5) is 11.9. The maximum Gasteiger partial charge on any atom is 0.178 e. The van der Waals surface area contributed by atoms with Crippen LogP contribution >= 0.6 is 34.5 Å². The first-order chi connectivity index (χ1) is 8.99. The van der Waals surface area contributed by atoms with Gasteiger partial charge in [-0.25, -0.2) is 4.39 Å². The summed E-state index contributed by atoms with van der Waals surface area (Å²) in [5.74, 6) is -1.34. The maximum atomic E-state index is 13.4. The van der Waals surface area contributed by atoms with Crippen molar-refractivity contribution < 1.29 is 13.4 Å². The highest BCUT2D eigenvalue weighted by molar-refractivity contribution is 7.85. The Balaban J connectivity index is 2.18. The number of carbonyl (C=O) groups is 1. The maximum absolute atomic E-state index is 13.4. The number of hydrogen-bond donors (Lipinski definition) is 0. The zero-order chi connectivity index (χ0) is 14.0. The fraction of sp³-hybridized carbons (Fsp3) is 0.0833. The highest BCUT2D eigenvalue weighted by atomic mass is 35.5. The molecule has 7 heteroatoms. The summed E-state index contributed by atoms with van der Waals surface area (Å²) >= 11 is 12.6. The molecule has 2 nitrogen and oxygen atoms in total. The largest absolute Gasteiger partial charge is 0.293 e. The first kappa shape index (κ1) is 14.7. The van der Waals surface area contributed by atoms with Gasteiger partial charge < -0.3 is 0 Å². The average molecular weight is 337 g/mol. The van der Waals surface area contributed by atoms with E-state index < -0.39 is 22.4 Å². The molecular weight excluding hydrogens is 330 g/mol. The van der Waals surface area contributed by atoms with E-state index in [-0.39, 0.29) is 20.5 Å². The monoisotopic (exact) mass is 336 g/mol. The normalized spacial score (nSPS) is 12.4. The second-order valence-corrected chi connectivity index (χ2v) is 7.29. The molecule has 100 valence electrons. The number of ketones is 1. The van der Waals surface area contributed by atoms with Crippen LogP contribution in [0.25, 0.3) is 0 Å². The van der Waals surface area contributed by atoms with Gasteiger partial charge in [-0.2, -0.15) is 0 Å². The van der Waals surface area contributed by atoms with Crippen molar-refractivity contribution in [2.75, 3.05) is 5.75 Å². The smallest absolute Gasteiger partial charge is 0.178 e. The van der Waals surface area contributed by atoms with Crippen LogP contribution in [-0.2, 0) is 10.8 Å². The molecule has 0 aliphatic heterocycles. The van der Waals surface area contributed by atoms with Gasteiger partial charge in [0.1, 0.15) is 10.2 Å². The lowest BCUT2D eigenvalue weighted by atomic mass is 10.2. The Kier molecular flexibility index (Phi) is 4.73. The quantitative estimate of drug-likeness (QED) is 0.784. The highest BCUT2D eigenvalue weighted by Crippen LogP contribution is 2.31. The lowest BCUT2D eigenvalue weighted by Crippen LogP contribution is -2.11. The van der Waals surface area contributed by atoms with Crippen molar-refractivity contribution in [1.82, 2.24) is 0 Å². The topological polar surface area (TPSA) is 34.1 Å². The van der Waals surface area contributed by atoms with Crippen molar-refractivity contribution in [3.8, 4) is 0 Å². The molecule has 0 aliphatic carbocycles. The van der Waals surface area contributed by atoms with Gasteiger partial charge >= 0.3 is 0 Å². The van der Waals surface area contributed by atoms with E-state index in [1.807, 2.05) is 0 Å². The molecule has 0 saturated heterocycles. The molecule has 2 rings (SSSR count). The van der Waals surface area contributed by atoms with E-state index in [9.17, 15) is 13.4 Å². The van der Waals surface area contributed by atoms with E-state index in [4.69, 9.17) is 23.2 Å². The molecule has 0 amide bonds. The Hall–Kier alpha value is -0.750. The molecule has 1 atom stereocenters. The summed E-state index contributed by atoms with van der Waals surface area (Å²) in [6.45, 7) is 0.